The molecule has 0 bridgehead atoms. The lowest BCUT2D eigenvalue weighted by atomic mass is 9.96. The maximum absolute atomic E-state index is 11.4. The summed E-state index contributed by atoms with van der Waals surface area (Å²) in [5, 5.41) is 209. The van der Waals surface area contributed by atoms with Crippen molar-refractivity contribution in [1.82, 2.24) is 0 Å². The summed E-state index contributed by atoms with van der Waals surface area (Å²) in [5.74, 6) is 0. The Morgan fingerprint density at radius 3 is 1.28 bits per heavy atom. The first-order valence-corrected chi connectivity index (χ1v) is 20.5. The molecule has 5 heterocycles. The van der Waals surface area contributed by atoms with Gasteiger partial charge in [0.25, 0.3) is 0 Å². The van der Waals surface area contributed by atoms with Crippen LogP contribution in [0.5, 0.6) is 0 Å². The van der Waals surface area contributed by atoms with E-state index in [0.717, 1.165) is 0 Å². The zero-order valence-electron chi connectivity index (χ0n) is 34.1. The average Bonchev–Trinajstić information content (AvgIpc) is 3.30. The van der Waals surface area contributed by atoms with Gasteiger partial charge >= 0.3 is 0 Å². The summed E-state index contributed by atoms with van der Waals surface area (Å²) >= 11 is 0. The number of hydrogen-bond acceptors (Lipinski definition) is 30. The third-order valence-electron chi connectivity index (χ3n) is 11.7. The van der Waals surface area contributed by atoms with Crippen LogP contribution in [0.4, 0.5) is 0 Å². The molecule has 5 fully saturated rings. The van der Waals surface area contributed by atoms with Gasteiger partial charge in [0, 0.05) is 0 Å². The van der Waals surface area contributed by atoms with E-state index in [0.29, 0.717) is 0 Å². The molecule has 20 N–H and O–H groups in total. The predicted molar refractivity (Wildman–Crippen MR) is 195 cm³/mol. The molecule has 0 spiro atoms. The summed E-state index contributed by atoms with van der Waals surface area (Å²) in [4.78, 5) is 0. The first-order chi connectivity index (χ1) is 30.7. The van der Waals surface area contributed by atoms with Crippen molar-refractivity contribution >= 4 is 0 Å². The zero-order valence-corrected chi connectivity index (χ0v) is 34.1. The fourth-order valence-electron chi connectivity index (χ4n) is 7.75. The molecule has 0 saturated carbocycles. The number of rotatable bonds is 19. The van der Waals surface area contributed by atoms with Gasteiger partial charge in [0.05, 0.1) is 46.2 Å². The van der Waals surface area contributed by atoms with Crippen molar-refractivity contribution < 1.29 is 149 Å². The van der Waals surface area contributed by atoms with Gasteiger partial charge in [0.1, 0.15) is 140 Å². The van der Waals surface area contributed by atoms with Gasteiger partial charge in [-0.2, -0.15) is 0 Å². The first-order valence-electron chi connectivity index (χ1n) is 20.5. The van der Waals surface area contributed by atoms with Crippen molar-refractivity contribution in [2.75, 3.05) is 46.2 Å². The van der Waals surface area contributed by atoms with E-state index in [1.807, 2.05) is 0 Å². The summed E-state index contributed by atoms with van der Waals surface area (Å²) in [6.07, 6.45) is -54.3. The van der Waals surface area contributed by atoms with E-state index < -0.39 is 218 Å². The van der Waals surface area contributed by atoms with Crippen molar-refractivity contribution in [2.24, 2.45) is 0 Å². The van der Waals surface area contributed by atoms with Crippen LogP contribution in [0, 0.1) is 0 Å². The molecule has 28 atom stereocenters. The zero-order chi connectivity index (χ0) is 48.2. The Labute approximate surface area is 367 Å². The lowest BCUT2D eigenvalue weighted by Gasteiger charge is -2.47. The van der Waals surface area contributed by atoms with E-state index in [2.05, 4.69) is 0 Å². The minimum Gasteiger partial charge on any atom is -0.394 e. The Bertz CT molecular complexity index is 1400. The van der Waals surface area contributed by atoms with Gasteiger partial charge in [-0.1, -0.05) is 0 Å². The standard InChI is InChI=1S/C35H62O30/c36-1-9-16(43)19(46)24(51)34(58-9)64-29-12(4-39)60-32(26(53)21(29)48)57-7-14(18(45)23(50)31(55)63-28-11(3-38)56-6-8(41)15(28)42)62-33-27(54)22(49)30(13(5-40)61-33)65-35-25(52)20(47)17(44)10(2-37)59-35/h8-55H,1-7H2. The average molecular weight is 963 g/mol. The highest BCUT2D eigenvalue weighted by molar-refractivity contribution is 4.97. The summed E-state index contributed by atoms with van der Waals surface area (Å²) < 4.78 is 54.4. The molecule has 5 saturated heterocycles. The van der Waals surface area contributed by atoms with Crippen LogP contribution in [0.3, 0.4) is 0 Å². The van der Waals surface area contributed by atoms with Crippen LogP contribution < -0.4 is 0 Å². The highest BCUT2D eigenvalue weighted by Gasteiger charge is 2.54. The number of aliphatic hydroxyl groups excluding tert-OH is 20. The molecule has 0 aromatic rings. The van der Waals surface area contributed by atoms with E-state index in [4.69, 9.17) is 47.4 Å². The van der Waals surface area contributed by atoms with E-state index in [-0.39, 0.29) is 0 Å². The maximum Gasteiger partial charge on any atom is 0.187 e. The predicted octanol–water partition coefficient (Wildman–Crippen LogP) is -13.8. The van der Waals surface area contributed by atoms with Gasteiger partial charge in [0.2, 0.25) is 0 Å². The van der Waals surface area contributed by atoms with Crippen molar-refractivity contribution in [1.29, 1.82) is 0 Å². The van der Waals surface area contributed by atoms with Crippen LogP contribution in [-0.4, -0.2) is 320 Å². The number of hydrogen-bond donors (Lipinski definition) is 20. The molecule has 30 heteroatoms. The molecule has 30 nitrogen and oxygen atoms in total. The van der Waals surface area contributed by atoms with Crippen LogP contribution >= 0.6 is 0 Å². The smallest absolute Gasteiger partial charge is 0.187 e. The Hall–Kier alpha value is -1.20. The summed E-state index contributed by atoms with van der Waals surface area (Å²) in [6, 6.07) is 0. The molecule has 5 aliphatic heterocycles. The molecular weight excluding hydrogens is 900 g/mol. The van der Waals surface area contributed by atoms with Crippen molar-refractivity contribution in [2.45, 2.75) is 172 Å². The fourth-order valence-corrected chi connectivity index (χ4v) is 7.75. The molecule has 0 amide bonds. The normalized spacial score (nSPS) is 48.4. The monoisotopic (exact) mass is 962 g/mol. The van der Waals surface area contributed by atoms with Crippen LogP contribution in [0.15, 0.2) is 0 Å². The molecule has 5 rings (SSSR count). The minimum atomic E-state index is -2.53. The van der Waals surface area contributed by atoms with Crippen LogP contribution in [0.2, 0.25) is 0 Å². The van der Waals surface area contributed by atoms with E-state index in [9.17, 15) is 102 Å². The Morgan fingerprint density at radius 1 is 0.400 bits per heavy atom. The molecular formula is C35H62O30. The fraction of sp³-hybridized carbons (Fsp3) is 1.00. The SMILES string of the molecule is OCC1OC(OC2C(CO)OC(OCC(OC3OC(CO)C(OC4OC(CO)C(O)C(O)C4O)C(O)C3O)C(O)C(O)C(O)OC3C(CO)OCC(O)C3O)C(O)C2O)C(O)C(O)C1O. The summed E-state index contributed by atoms with van der Waals surface area (Å²) in [6.45, 7) is -6.18. The molecule has 0 aliphatic carbocycles. The van der Waals surface area contributed by atoms with Crippen molar-refractivity contribution in [3.63, 3.8) is 0 Å². The lowest BCUT2D eigenvalue weighted by Crippen LogP contribution is -2.65. The van der Waals surface area contributed by atoms with Gasteiger partial charge < -0.3 is 149 Å². The molecule has 28 unspecified atom stereocenters. The molecule has 5 aliphatic rings. The third kappa shape index (κ3) is 12.1. The minimum absolute atomic E-state index is 0.457. The van der Waals surface area contributed by atoms with E-state index in [1.54, 1.807) is 0 Å². The second-order valence-corrected chi connectivity index (χ2v) is 16.1. The first kappa shape index (κ1) is 54.7. The van der Waals surface area contributed by atoms with Gasteiger partial charge in [-0.15, -0.1) is 0 Å². The van der Waals surface area contributed by atoms with Crippen LogP contribution in [0.1, 0.15) is 0 Å². The van der Waals surface area contributed by atoms with Gasteiger partial charge in [-0.3, -0.25) is 0 Å². The van der Waals surface area contributed by atoms with E-state index >= 15 is 0 Å². The second-order valence-electron chi connectivity index (χ2n) is 16.1. The highest BCUT2D eigenvalue weighted by Crippen LogP contribution is 2.33. The maximum atomic E-state index is 11.4. The molecule has 65 heavy (non-hydrogen) atoms. The van der Waals surface area contributed by atoms with Gasteiger partial charge in [-0.05, 0) is 0 Å². The van der Waals surface area contributed by atoms with E-state index in [1.165, 1.54) is 0 Å². The number of aliphatic hydroxyl groups is 20. The summed E-state index contributed by atoms with van der Waals surface area (Å²) in [7, 11) is 0. The quantitative estimate of drug-likeness (QED) is 0.0535. The molecule has 0 aromatic carbocycles. The summed E-state index contributed by atoms with van der Waals surface area (Å²) in [5.41, 5.74) is 0. The molecule has 0 aromatic heterocycles. The van der Waals surface area contributed by atoms with Crippen molar-refractivity contribution in [3.05, 3.63) is 0 Å². The highest BCUT2D eigenvalue weighted by atomic mass is 16.8. The van der Waals surface area contributed by atoms with Crippen LogP contribution in [-0.2, 0) is 47.4 Å². The van der Waals surface area contributed by atoms with Crippen molar-refractivity contribution in [3.8, 4) is 0 Å². The second kappa shape index (κ2) is 24.1. The Kier molecular flexibility index (Phi) is 20.3. The lowest BCUT2D eigenvalue weighted by molar-refractivity contribution is -0.373. The topological polar surface area (TPSA) is 497 Å². The third-order valence-corrected chi connectivity index (χ3v) is 11.7. The van der Waals surface area contributed by atoms with Gasteiger partial charge in [-0.25, -0.2) is 0 Å². The number of ether oxygens (including phenoxy) is 10. The Balaban J connectivity index is 1.34. The molecule has 382 valence electrons. The molecule has 0 radical (unpaired) electrons. The largest absolute Gasteiger partial charge is 0.394 e. The van der Waals surface area contributed by atoms with Crippen LogP contribution in [0.25, 0.3) is 0 Å². The Morgan fingerprint density at radius 2 is 0.815 bits per heavy atom. The van der Waals surface area contributed by atoms with Gasteiger partial charge in [0.15, 0.2) is 31.5 Å².